The number of hydrogen-bond acceptors (Lipinski definition) is 3. The summed E-state index contributed by atoms with van der Waals surface area (Å²) in [5.74, 6) is -0.197. The summed E-state index contributed by atoms with van der Waals surface area (Å²) < 4.78 is 17.2. The second-order valence-electron chi connectivity index (χ2n) is 4.82. The van der Waals surface area contributed by atoms with Gasteiger partial charge in [-0.15, -0.1) is 11.3 Å². The maximum absolute atomic E-state index is 13.4. The van der Waals surface area contributed by atoms with Crippen molar-refractivity contribution in [3.05, 3.63) is 51.3 Å². The zero-order valence-electron chi connectivity index (χ0n) is 11.7. The molecule has 3 aromatic rings. The van der Waals surface area contributed by atoms with Gasteiger partial charge < -0.3 is 5.32 Å². The second-order valence-corrected chi connectivity index (χ2v) is 6.79. The van der Waals surface area contributed by atoms with E-state index in [2.05, 4.69) is 39.3 Å². The van der Waals surface area contributed by atoms with Gasteiger partial charge in [0.05, 0.1) is 22.4 Å². The fourth-order valence-electron chi connectivity index (χ4n) is 2.45. The number of thiophene rings is 1. The molecular formula is C15H15BrFN3S. The van der Waals surface area contributed by atoms with Crippen LogP contribution in [0.25, 0.3) is 10.1 Å². The molecule has 0 bridgehead atoms. The van der Waals surface area contributed by atoms with Gasteiger partial charge in [0.15, 0.2) is 0 Å². The molecule has 0 aliphatic rings. The highest BCUT2D eigenvalue weighted by Crippen LogP contribution is 2.35. The first-order chi connectivity index (χ1) is 10.1. The van der Waals surface area contributed by atoms with Crippen molar-refractivity contribution in [2.24, 2.45) is 7.05 Å². The van der Waals surface area contributed by atoms with Gasteiger partial charge in [-0.3, -0.25) is 4.68 Å². The van der Waals surface area contributed by atoms with E-state index in [1.807, 2.05) is 17.8 Å². The molecule has 0 radical (unpaired) electrons. The number of rotatable bonds is 4. The molecule has 3 nitrogen and oxygen atoms in total. The lowest BCUT2D eigenvalue weighted by Gasteiger charge is -2.17. The lowest BCUT2D eigenvalue weighted by atomic mass is 10.1. The monoisotopic (exact) mass is 367 g/mol. The quantitative estimate of drug-likeness (QED) is 0.747. The zero-order chi connectivity index (χ0) is 15.0. The van der Waals surface area contributed by atoms with Crippen LogP contribution in [-0.4, -0.2) is 16.3 Å². The minimum absolute atomic E-state index is 0.0392. The highest BCUT2D eigenvalue weighted by Gasteiger charge is 2.22. The van der Waals surface area contributed by atoms with Gasteiger partial charge >= 0.3 is 0 Å². The molecule has 1 unspecified atom stereocenters. The Morgan fingerprint density at radius 3 is 2.90 bits per heavy atom. The number of hydrogen-bond donors (Lipinski definition) is 1. The van der Waals surface area contributed by atoms with E-state index >= 15 is 0 Å². The predicted octanol–water partition coefficient (Wildman–Crippen LogP) is 4.24. The maximum atomic E-state index is 13.4. The van der Waals surface area contributed by atoms with Gasteiger partial charge in [0.1, 0.15) is 5.82 Å². The van der Waals surface area contributed by atoms with Crippen LogP contribution in [0.5, 0.6) is 0 Å². The van der Waals surface area contributed by atoms with Crippen LogP contribution in [0.15, 0.2) is 34.9 Å². The summed E-state index contributed by atoms with van der Waals surface area (Å²) >= 11 is 5.17. The van der Waals surface area contributed by atoms with E-state index in [9.17, 15) is 4.39 Å². The molecule has 0 saturated carbocycles. The first-order valence-corrected chi connectivity index (χ1v) is 8.31. The van der Waals surface area contributed by atoms with Crippen LogP contribution in [0, 0.1) is 5.82 Å². The average molecular weight is 368 g/mol. The van der Waals surface area contributed by atoms with Gasteiger partial charge in [-0.05, 0) is 46.1 Å². The van der Waals surface area contributed by atoms with Crippen molar-refractivity contribution >= 4 is 37.4 Å². The van der Waals surface area contributed by atoms with Crippen molar-refractivity contribution in [1.82, 2.24) is 15.1 Å². The first-order valence-electron chi connectivity index (χ1n) is 6.70. The summed E-state index contributed by atoms with van der Waals surface area (Å²) in [7, 11) is 1.93. The normalized spacial score (nSPS) is 13.0. The molecule has 3 rings (SSSR count). The van der Waals surface area contributed by atoms with E-state index in [0.717, 1.165) is 31.7 Å². The zero-order valence-corrected chi connectivity index (χ0v) is 14.1. The van der Waals surface area contributed by atoms with Crippen molar-refractivity contribution in [2.75, 3.05) is 6.54 Å². The molecule has 0 aliphatic carbocycles. The maximum Gasteiger partial charge on any atom is 0.124 e. The number of benzene rings is 1. The van der Waals surface area contributed by atoms with Gasteiger partial charge in [-0.25, -0.2) is 4.39 Å². The number of nitrogens with one attached hydrogen (secondary N) is 1. The molecule has 1 N–H and O–H groups in total. The summed E-state index contributed by atoms with van der Waals surface area (Å²) in [4.78, 5) is 1.15. The summed E-state index contributed by atoms with van der Waals surface area (Å²) in [6.45, 7) is 2.91. The minimum Gasteiger partial charge on any atom is -0.305 e. The van der Waals surface area contributed by atoms with Gasteiger partial charge in [-0.1, -0.05) is 13.0 Å². The molecule has 21 heavy (non-hydrogen) atoms. The summed E-state index contributed by atoms with van der Waals surface area (Å²) in [5.41, 5.74) is 1.07. The Hall–Kier alpha value is -1.24. The number of nitrogens with zero attached hydrogens (tertiary/aromatic N) is 2. The largest absolute Gasteiger partial charge is 0.305 e. The first kappa shape index (κ1) is 14.7. The third kappa shape index (κ3) is 2.75. The number of fused-ring (bicyclic) bond motifs is 1. The van der Waals surface area contributed by atoms with Crippen molar-refractivity contribution in [2.45, 2.75) is 13.0 Å². The fraction of sp³-hybridized carbons (Fsp3) is 0.267. The topological polar surface area (TPSA) is 29.9 Å². The van der Waals surface area contributed by atoms with Crippen LogP contribution in [0.2, 0.25) is 0 Å². The van der Waals surface area contributed by atoms with Crippen LogP contribution < -0.4 is 5.32 Å². The van der Waals surface area contributed by atoms with Crippen LogP contribution in [0.4, 0.5) is 4.39 Å². The van der Waals surface area contributed by atoms with E-state index in [0.29, 0.717) is 0 Å². The molecule has 1 atom stereocenters. The van der Waals surface area contributed by atoms with Crippen molar-refractivity contribution < 1.29 is 4.39 Å². The van der Waals surface area contributed by atoms with Gasteiger partial charge in [0.25, 0.3) is 0 Å². The number of aryl methyl sites for hydroxylation is 1. The number of aromatic nitrogens is 2. The molecule has 0 fully saturated rings. The van der Waals surface area contributed by atoms with Gasteiger partial charge in [0, 0.05) is 16.6 Å². The molecule has 0 aliphatic heterocycles. The molecular weight excluding hydrogens is 353 g/mol. The smallest absolute Gasteiger partial charge is 0.124 e. The predicted molar refractivity (Wildman–Crippen MR) is 88.2 cm³/mol. The molecule has 0 amide bonds. The van der Waals surface area contributed by atoms with Crippen LogP contribution in [0.3, 0.4) is 0 Å². The Morgan fingerprint density at radius 2 is 2.24 bits per heavy atom. The fourth-order valence-corrected chi connectivity index (χ4v) is 4.19. The Morgan fingerprint density at radius 1 is 1.43 bits per heavy atom. The highest BCUT2D eigenvalue weighted by atomic mass is 79.9. The summed E-state index contributed by atoms with van der Waals surface area (Å²) in [5, 5.41) is 8.84. The Kier molecular flexibility index (Phi) is 4.10. The Balaban J connectivity index is 2.11. The van der Waals surface area contributed by atoms with E-state index < -0.39 is 0 Å². The lowest BCUT2D eigenvalue weighted by molar-refractivity contribution is 0.577. The van der Waals surface area contributed by atoms with Crippen LogP contribution >= 0.6 is 27.3 Å². The third-order valence-electron chi connectivity index (χ3n) is 3.41. The van der Waals surface area contributed by atoms with E-state index in [-0.39, 0.29) is 11.9 Å². The Bertz CT molecular complexity index is 761. The lowest BCUT2D eigenvalue weighted by Crippen LogP contribution is -2.23. The minimum atomic E-state index is -0.197. The van der Waals surface area contributed by atoms with E-state index in [1.165, 1.54) is 6.07 Å². The standard InChI is InChI=1S/C15H15BrFN3S/c1-3-18-14(15-11(16)8-19-20(15)2)13-6-9-4-5-10(17)7-12(9)21-13/h4-8,14,18H,3H2,1-2H3. The van der Waals surface area contributed by atoms with Crippen LogP contribution in [0.1, 0.15) is 23.5 Å². The van der Waals surface area contributed by atoms with Crippen LogP contribution in [-0.2, 0) is 7.05 Å². The van der Waals surface area contributed by atoms with E-state index in [4.69, 9.17) is 0 Å². The molecule has 2 aromatic heterocycles. The van der Waals surface area contributed by atoms with Gasteiger partial charge in [0.2, 0.25) is 0 Å². The van der Waals surface area contributed by atoms with Gasteiger partial charge in [-0.2, -0.15) is 5.10 Å². The third-order valence-corrected chi connectivity index (χ3v) is 5.18. The Labute approximate surface area is 134 Å². The van der Waals surface area contributed by atoms with E-state index in [1.54, 1.807) is 23.6 Å². The van der Waals surface area contributed by atoms with Crippen molar-refractivity contribution in [3.63, 3.8) is 0 Å². The second kappa shape index (κ2) is 5.87. The molecule has 0 spiro atoms. The highest BCUT2D eigenvalue weighted by molar-refractivity contribution is 9.10. The van der Waals surface area contributed by atoms with Crippen molar-refractivity contribution in [1.29, 1.82) is 0 Å². The summed E-state index contributed by atoms with van der Waals surface area (Å²) in [6.07, 6.45) is 1.80. The molecule has 6 heteroatoms. The number of halogens is 2. The SMILES string of the molecule is CCNC(c1cc2ccc(F)cc2s1)c1c(Br)cnn1C. The summed E-state index contributed by atoms with van der Waals surface area (Å²) in [6, 6.07) is 7.07. The van der Waals surface area contributed by atoms with Crippen molar-refractivity contribution in [3.8, 4) is 0 Å². The average Bonchev–Trinajstić information content (AvgIpc) is 3.00. The molecule has 1 aromatic carbocycles. The molecule has 2 heterocycles. The molecule has 0 saturated heterocycles. The molecule has 110 valence electrons.